The minimum Gasteiger partial charge on any atom is -0.491 e. The lowest BCUT2D eigenvalue weighted by molar-refractivity contribution is 0.241. The van der Waals surface area contributed by atoms with Crippen LogP contribution in [0.15, 0.2) is 88.2 Å². The van der Waals surface area contributed by atoms with Crippen LogP contribution < -0.4 is 14.8 Å². The van der Waals surface area contributed by atoms with Gasteiger partial charge in [0.2, 0.25) is 10.8 Å². The average Bonchev–Trinajstić information content (AvgIpc) is 3.74. The number of aryl methyl sites for hydroxylation is 2. The molecule has 0 spiro atoms. The lowest BCUT2D eigenvalue weighted by Gasteiger charge is -2.13. The normalized spacial score (nSPS) is 12.3. The van der Waals surface area contributed by atoms with E-state index in [0.29, 0.717) is 21.1 Å². The number of benzene rings is 3. The summed E-state index contributed by atoms with van der Waals surface area (Å²) in [6.07, 6.45) is 3.89. The van der Waals surface area contributed by atoms with E-state index in [1.165, 1.54) is 15.9 Å². The van der Waals surface area contributed by atoms with Crippen LogP contribution in [0.3, 0.4) is 0 Å². The van der Waals surface area contributed by atoms with Gasteiger partial charge in [-0.3, -0.25) is 4.79 Å². The molecule has 4 aromatic heterocycles. The average molecular weight is 574 g/mol. The zero-order valence-corrected chi connectivity index (χ0v) is 24.3. The summed E-state index contributed by atoms with van der Waals surface area (Å²) in [5, 5.41) is 10.5. The van der Waals surface area contributed by atoms with Crippen molar-refractivity contribution in [3.63, 3.8) is 0 Å². The summed E-state index contributed by atoms with van der Waals surface area (Å²) in [4.78, 5) is 18.7. The number of para-hydroxylation sites is 2. The molecule has 0 fully saturated rings. The molecule has 208 valence electrons. The summed E-state index contributed by atoms with van der Waals surface area (Å²) >= 11 is 1.29. The summed E-state index contributed by atoms with van der Waals surface area (Å²) in [7, 11) is 0. The number of ether oxygens (including phenoxy) is 1. The van der Waals surface area contributed by atoms with Crippen LogP contribution in [-0.2, 0) is 0 Å². The second-order valence-electron chi connectivity index (χ2n) is 10.5. The van der Waals surface area contributed by atoms with Crippen molar-refractivity contribution in [2.75, 3.05) is 0 Å². The number of nitrogens with zero attached hydrogens (tertiary/aromatic N) is 5. The van der Waals surface area contributed by atoms with E-state index in [-0.39, 0.29) is 11.7 Å². The Kier molecular flexibility index (Phi) is 6.24. The Morgan fingerprint density at radius 2 is 1.76 bits per heavy atom. The van der Waals surface area contributed by atoms with Gasteiger partial charge < -0.3 is 9.15 Å². The first kappa shape index (κ1) is 25.9. The first-order chi connectivity index (χ1) is 20.4. The third-order valence-electron chi connectivity index (χ3n) is 7.09. The SMILES string of the molecule is Cc1cc(-c2nn(-c3ccccc3)cc2/C=c2\sc3nc(-c4oc5ccccc5c4C)nn3c2=O)ccc1OC(C)C. The van der Waals surface area contributed by atoms with Gasteiger partial charge in [0.25, 0.3) is 5.56 Å². The Balaban J connectivity index is 1.34. The highest BCUT2D eigenvalue weighted by Crippen LogP contribution is 2.32. The van der Waals surface area contributed by atoms with E-state index in [4.69, 9.17) is 14.3 Å². The third-order valence-corrected chi connectivity index (χ3v) is 8.05. The molecular formula is C33H27N5O3S. The first-order valence-electron chi connectivity index (χ1n) is 13.7. The Morgan fingerprint density at radius 1 is 0.976 bits per heavy atom. The highest BCUT2D eigenvalue weighted by atomic mass is 32.1. The minimum absolute atomic E-state index is 0.0776. The predicted molar refractivity (Wildman–Crippen MR) is 165 cm³/mol. The van der Waals surface area contributed by atoms with Gasteiger partial charge in [0.1, 0.15) is 17.0 Å². The second kappa shape index (κ2) is 10.1. The van der Waals surface area contributed by atoms with Crippen LogP contribution in [0.25, 0.3) is 50.5 Å². The Bertz CT molecular complexity index is 2210. The van der Waals surface area contributed by atoms with Gasteiger partial charge in [-0.15, -0.1) is 5.10 Å². The molecule has 0 bridgehead atoms. The molecule has 0 radical (unpaired) electrons. The Labute approximate surface area is 245 Å². The van der Waals surface area contributed by atoms with Crippen LogP contribution in [0.1, 0.15) is 30.5 Å². The fraction of sp³-hybridized carbons (Fsp3) is 0.152. The topological polar surface area (TPSA) is 87.5 Å². The molecule has 8 nitrogen and oxygen atoms in total. The van der Waals surface area contributed by atoms with Gasteiger partial charge in [-0.05, 0) is 75.7 Å². The fourth-order valence-corrected chi connectivity index (χ4v) is 5.97. The van der Waals surface area contributed by atoms with Crippen LogP contribution in [0, 0.1) is 13.8 Å². The number of thiazole rings is 1. The van der Waals surface area contributed by atoms with Gasteiger partial charge in [-0.25, -0.2) is 4.68 Å². The maximum atomic E-state index is 13.5. The first-order valence-corrected chi connectivity index (χ1v) is 14.5. The summed E-state index contributed by atoms with van der Waals surface area (Å²) in [5.41, 5.74) is 5.91. The zero-order chi connectivity index (χ0) is 29.0. The summed E-state index contributed by atoms with van der Waals surface area (Å²) < 4.78 is 15.7. The molecule has 0 saturated carbocycles. The van der Waals surface area contributed by atoms with Crippen molar-refractivity contribution in [1.82, 2.24) is 24.4 Å². The Morgan fingerprint density at radius 3 is 2.50 bits per heavy atom. The van der Waals surface area contributed by atoms with Crippen LogP contribution >= 0.6 is 11.3 Å². The van der Waals surface area contributed by atoms with Crippen molar-refractivity contribution in [2.45, 2.75) is 33.8 Å². The van der Waals surface area contributed by atoms with Crippen molar-refractivity contribution in [3.8, 4) is 34.3 Å². The monoisotopic (exact) mass is 573 g/mol. The van der Waals surface area contributed by atoms with Gasteiger partial charge in [-0.2, -0.15) is 14.6 Å². The molecule has 0 N–H and O–H groups in total. The van der Waals surface area contributed by atoms with Crippen molar-refractivity contribution in [3.05, 3.63) is 111 Å². The number of aromatic nitrogens is 5. The number of hydrogen-bond donors (Lipinski definition) is 0. The lowest BCUT2D eigenvalue weighted by atomic mass is 10.0. The number of furan rings is 1. The largest absolute Gasteiger partial charge is 0.491 e. The lowest BCUT2D eigenvalue weighted by Crippen LogP contribution is -2.23. The molecule has 0 amide bonds. The van der Waals surface area contributed by atoms with Gasteiger partial charge in [-0.1, -0.05) is 47.7 Å². The summed E-state index contributed by atoms with van der Waals surface area (Å²) in [5.74, 6) is 1.81. The van der Waals surface area contributed by atoms with E-state index in [1.54, 1.807) is 0 Å². The molecule has 0 saturated heterocycles. The van der Waals surface area contributed by atoms with Crippen LogP contribution in [0.2, 0.25) is 0 Å². The maximum Gasteiger partial charge on any atom is 0.291 e. The molecule has 4 heterocycles. The van der Waals surface area contributed by atoms with Crippen molar-refractivity contribution >= 4 is 33.3 Å². The van der Waals surface area contributed by atoms with Crippen molar-refractivity contribution in [1.29, 1.82) is 0 Å². The van der Waals surface area contributed by atoms with Gasteiger partial charge in [0.05, 0.1) is 16.3 Å². The molecular weight excluding hydrogens is 546 g/mol. The van der Waals surface area contributed by atoms with Gasteiger partial charge >= 0.3 is 0 Å². The van der Waals surface area contributed by atoms with E-state index in [9.17, 15) is 4.79 Å². The van der Waals surface area contributed by atoms with Crippen LogP contribution in [0.4, 0.5) is 0 Å². The molecule has 7 rings (SSSR count). The summed E-state index contributed by atoms with van der Waals surface area (Å²) in [6, 6.07) is 23.7. The quantitative estimate of drug-likeness (QED) is 0.230. The molecule has 0 unspecified atom stereocenters. The highest BCUT2D eigenvalue weighted by Gasteiger charge is 2.20. The van der Waals surface area contributed by atoms with Gasteiger partial charge in [0, 0.05) is 28.3 Å². The van der Waals surface area contributed by atoms with E-state index >= 15 is 0 Å². The fourth-order valence-electron chi connectivity index (χ4n) is 5.07. The molecule has 42 heavy (non-hydrogen) atoms. The molecule has 0 atom stereocenters. The molecule has 0 aliphatic carbocycles. The van der Waals surface area contributed by atoms with Crippen LogP contribution in [0.5, 0.6) is 5.75 Å². The smallest absolute Gasteiger partial charge is 0.291 e. The van der Waals surface area contributed by atoms with Crippen molar-refractivity contribution in [2.24, 2.45) is 0 Å². The predicted octanol–water partition coefficient (Wildman–Crippen LogP) is 6.37. The molecule has 0 aliphatic rings. The second-order valence-corrected chi connectivity index (χ2v) is 11.5. The number of fused-ring (bicyclic) bond motifs is 2. The zero-order valence-electron chi connectivity index (χ0n) is 23.5. The van der Waals surface area contributed by atoms with E-state index < -0.39 is 0 Å². The third kappa shape index (κ3) is 4.48. The number of rotatable bonds is 6. The molecule has 0 aliphatic heterocycles. The molecule has 3 aromatic carbocycles. The van der Waals surface area contributed by atoms with E-state index in [1.807, 2.05) is 111 Å². The van der Waals surface area contributed by atoms with Gasteiger partial charge in [0.15, 0.2) is 5.76 Å². The number of hydrogen-bond acceptors (Lipinski definition) is 7. The van der Waals surface area contributed by atoms with Crippen LogP contribution in [-0.4, -0.2) is 30.5 Å². The minimum atomic E-state index is -0.238. The highest BCUT2D eigenvalue weighted by molar-refractivity contribution is 7.15. The van der Waals surface area contributed by atoms with E-state index in [2.05, 4.69) is 16.1 Å². The maximum absolute atomic E-state index is 13.5. The van der Waals surface area contributed by atoms with E-state index in [0.717, 1.165) is 50.4 Å². The Hall–Kier alpha value is -5.02. The summed E-state index contributed by atoms with van der Waals surface area (Å²) in [6.45, 7) is 8.02. The van der Waals surface area contributed by atoms with Crippen molar-refractivity contribution < 1.29 is 9.15 Å². The standard InChI is InChI=1S/C33H27N5O3S/c1-19(2)40-26-15-14-22(16-20(26)3)29-23(18-37(35-29)24-10-6-5-7-11-24)17-28-32(39)38-33(42-28)34-31(36-38)30-21(4)25-12-8-9-13-27(25)41-30/h5-19H,1-4H3/b28-17-. The molecule has 7 aromatic rings. The molecule has 9 heteroatoms.